The topological polar surface area (TPSA) is 38.3 Å². The molecule has 0 aromatic carbocycles. The van der Waals surface area contributed by atoms with Gasteiger partial charge >= 0.3 is 6.09 Å². The van der Waals surface area contributed by atoms with Crippen molar-refractivity contribution in [2.24, 2.45) is 5.41 Å². The van der Waals surface area contributed by atoms with Gasteiger partial charge in [-0.3, -0.25) is 0 Å². The molecule has 0 aliphatic heterocycles. The average Bonchev–Trinajstić information content (AvgIpc) is 1.96. The van der Waals surface area contributed by atoms with E-state index in [1.165, 1.54) is 7.11 Å². The summed E-state index contributed by atoms with van der Waals surface area (Å²) in [5.74, 6) is 0. The molecule has 0 aliphatic carbocycles. The zero-order valence-electron chi connectivity index (χ0n) is 9.10. The van der Waals surface area contributed by atoms with Crippen LogP contribution in [0.5, 0.6) is 0 Å². The summed E-state index contributed by atoms with van der Waals surface area (Å²) in [6.07, 6.45) is -0.414. The van der Waals surface area contributed by atoms with Crippen LogP contribution in [0.15, 0.2) is 12.2 Å². The van der Waals surface area contributed by atoms with Crippen LogP contribution >= 0.6 is 0 Å². The molecule has 1 amide bonds. The van der Waals surface area contributed by atoms with E-state index in [1.807, 2.05) is 27.7 Å². The summed E-state index contributed by atoms with van der Waals surface area (Å²) in [5, 5.41) is 2.75. The van der Waals surface area contributed by atoms with Crippen molar-refractivity contribution >= 4 is 6.09 Å². The molecule has 13 heavy (non-hydrogen) atoms. The number of nitrogens with one attached hydrogen (secondary N) is 1. The predicted octanol–water partition coefficient (Wildman–Crippen LogP) is 2.33. The molecule has 0 saturated carbocycles. The van der Waals surface area contributed by atoms with Crippen molar-refractivity contribution in [2.75, 3.05) is 7.11 Å². The lowest BCUT2D eigenvalue weighted by Gasteiger charge is -2.31. The van der Waals surface area contributed by atoms with Crippen LogP contribution in [0.1, 0.15) is 27.7 Å². The van der Waals surface area contributed by atoms with Crippen LogP contribution in [0.3, 0.4) is 0 Å². The Kier molecular flexibility index (Phi) is 3.98. The molecule has 0 saturated heterocycles. The standard InChI is InChI=1S/C10H19NO2/c1-7(2)8(10(3,4)5)11-9(12)13-6/h8H,1H2,2-6H3,(H,11,12)/t8-/m1/s1. The normalized spacial score (nSPS) is 13.3. The summed E-state index contributed by atoms with van der Waals surface area (Å²) in [7, 11) is 1.35. The first kappa shape index (κ1) is 12.0. The van der Waals surface area contributed by atoms with Crippen molar-refractivity contribution in [1.82, 2.24) is 5.32 Å². The lowest BCUT2D eigenvalue weighted by Crippen LogP contribution is -2.44. The molecule has 1 N–H and O–H groups in total. The van der Waals surface area contributed by atoms with Gasteiger partial charge in [-0.1, -0.05) is 32.9 Å². The van der Waals surface area contributed by atoms with Gasteiger partial charge in [0.25, 0.3) is 0 Å². The second-order valence-corrected chi connectivity index (χ2v) is 4.28. The van der Waals surface area contributed by atoms with Crippen LogP contribution in [0.4, 0.5) is 4.79 Å². The fourth-order valence-electron chi connectivity index (χ4n) is 1.26. The molecular formula is C10H19NO2. The Labute approximate surface area is 80.2 Å². The first-order valence-corrected chi connectivity index (χ1v) is 4.29. The number of ether oxygens (including phenoxy) is 1. The minimum absolute atomic E-state index is 0.0416. The number of hydrogen-bond acceptors (Lipinski definition) is 2. The van der Waals surface area contributed by atoms with Crippen LogP contribution in [-0.2, 0) is 4.74 Å². The van der Waals surface area contributed by atoms with E-state index in [2.05, 4.69) is 16.6 Å². The van der Waals surface area contributed by atoms with E-state index in [9.17, 15) is 4.79 Å². The third-order valence-electron chi connectivity index (χ3n) is 1.81. The highest BCUT2D eigenvalue weighted by Gasteiger charge is 2.26. The van der Waals surface area contributed by atoms with Crippen molar-refractivity contribution < 1.29 is 9.53 Å². The SMILES string of the molecule is C=C(C)[C@@H](NC(=O)OC)C(C)(C)C. The Balaban J connectivity index is 4.46. The second-order valence-electron chi connectivity index (χ2n) is 4.28. The monoisotopic (exact) mass is 185 g/mol. The van der Waals surface area contributed by atoms with Crippen LogP contribution in [0.25, 0.3) is 0 Å². The Hall–Kier alpha value is -0.990. The van der Waals surface area contributed by atoms with Gasteiger partial charge in [0.1, 0.15) is 0 Å². The van der Waals surface area contributed by atoms with Gasteiger partial charge in [0.05, 0.1) is 13.2 Å². The molecule has 0 unspecified atom stereocenters. The molecule has 3 nitrogen and oxygen atoms in total. The van der Waals surface area contributed by atoms with E-state index in [1.54, 1.807) is 0 Å². The number of carbonyl (C=O) groups is 1. The number of carbonyl (C=O) groups excluding carboxylic acids is 1. The Morgan fingerprint density at radius 1 is 1.46 bits per heavy atom. The molecule has 0 heterocycles. The summed E-state index contributed by atoms with van der Waals surface area (Å²) >= 11 is 0. The molecule has 0 aliphatic rings. The number of hydrogen-bond donors (Lipinski definition) is 1. The zero-order chi connectivity index (χ0) is 10.6. The van der Waals surface area contributed by atoms with E-state index >= 15 is 0 Å². The van der Waals surface area contributed by atoms with Gasteiger partial charge < -0.3 is 10.1 Å². The first-order chi connectivity index (χ1) is 5.79. The quantitative estimate of drug-likeness (QED) is 0.670. The fourth-order valence-corrected chi connectivity index (χ4v) is 1.26. The Morgan fingerprint density at radius 3 is 2.15 bits per heavy atom. The van der Waals surface area contributed by atoms with Crippen molar-refractivity contribution in [3.8, 4) is 0 Å². The minimum atomic E-state index is -0.414. The summed E-state index contributed by atoms with van der Waals surface area (Å²) in [5.41, 5.74) is 0.887. The van der Waals surface area contributed by atoms with Crippen molar-refractivity contribution in [1.29, 1.82) is 0 Å². The van der Waals surface area contributed by atoms with E-state index in [-0.39, 0.29) is 11.5 Å². The third kappa shape index (κ3) is 3.97. The molecule has 0 aromatic rings. The largest absolute Gasteiger partial charge is 0.453 e. The lowest BCUT2D eigenvalue weighted by molar-refractivity contribution is 0.159. The second kappa shape index (κ2) is 4.30. The van der Waals surface area contributed by atoms with Gasteiger partial charge in [0.15, 0.2) is 0 Å². The number of rotatable bonds is 2. The van der Waals surface area contributed by atoms with Crippen LogP contribution in [0, 0.1) is 5.41 Å². The maximum Gasteiger partial charge on any atom is 0.407 e. The van der Waals surface area contributed by atoms with Crippen molar-refractivity contribution in [3.05, 3.63) is 12.2 Å². The Bertz CT molecular complexity index is 203. The minimum Gasteiger partial charge on any atom is -0.453 e. The molecule has 3 heteroatoms. The molecule has 0 rings (SSSR count). The van der Waals surface area contributed by atoms with Gasteiger partial charge in [-0.05, 0) is 12.3 Å². The van der Waals surface area contributed by atoms with Gasteiger partial charge in [-0.2, -0.15) is 0 Å². The number of alkyl carbamates (subject to hydrolysis) is 1. The molecule has 0 aromatic heterocycles. The first-order valence-electron chi connectivity index (χ1n) is 4.29. The fraction of sp³-hybridized carbons (Fsp3) is 0.700. The molecular weight excluding hydrogens is 166 g/mol. The molecule has 1 atom stereocenters. The lowest BCUT2D eigenvalue weighted by atomic mass is 9.83. The van der Waals surface area contributed by atoms with E-state index < -0.39 is 6.09 Å². The highest BCUT2D eigenvalue weighted by atomic mass is 16.5. The maximum absolute atomic E-state index is 11.0. The van der Waals surface area contributed by atoms with Crippen molar-refractivity contribution in [2.45, 2.75) is 33.7 Å². The number of methoxy groups -OCH3 is 1. The van der Waals surface area contributed by atoms with Crippen molar-refractivity contribution in [3.63, 3.8) is 0 Å². The molecule has 0 radical (unpaired) electrons. The smallest absolute Gasteiger partial charge is 0.407 e. The summed E-state index contributed by atoms with van der Waals surface area (Å²) in [6, 6.07) is -0.0556. The van der Waals surface area contributed by atoms with Crippen LogP contribution in [-0.4, -0.2) is 19.2 Å². The Morgan fingerprint density at radius 2 is 1.92 bits per heavy atom. The third-order valence-corrected chi connectivity index (χ3v) is 1.81. The summed E-state index contributed by atoms with van der Waals surface area (Å²) < 4.78 is 4.53. The summed E-state index contributed by atoms with van der Waals surface area (Å²) in [4.78, 5) is 11.0. The average molecular weight is 185 g/mol. The predicted molar refractivity (Wildman–Crippen MR) is 53.6 cm³/mol. The highest BCUT2D eigenvalue weighted by Crippen LogP contribution is 2.23. The molecule has 76 valence electrons. The van der Waals surface area contributed by atoms with E-state index in [0.717, 1.165) is 5.57 Å². The maximum atomic E-state index is 11.0. The van der Waals surface area contributed by atoms with Gasteiger partial charge in [0.2, 0.25) is 0 Å². The van der Waals surface area contributed by atoms with Crippen LogP contribution in [0.2, 0.25) is 0 Å². The van der Waals surface area contributed by atoms with Gasteiger partial charge in [-0.15, -0.1) is 0 Å². The van der Waals surface area contributed by atoms with Crippen LogP contribution < -0.4 is 5.32 Å². The number of amides is 1. The van der Waals surface area contributed by atoms with Gasteiger partial charge in [0, 0.05) is 0 Å². The van der Waals surface area contributed by atoms with E-state index in [0.29, 0.717) is 0 Å². The molecule has 0 spiro atoms. The highest BCUT2D eigenvalue weighted by molar-refractivity contribution is 5.68. The summed E-state index contributed by atoms with van der Waals surface area (Å²) in [6.45, 7) is 11.9. The van der Waals surface area contributed by atoms with E-state index in [4.69, 9.17) is 0 Å². The molecule has 0 bridgehead atoms. The zero-order valence-corrected chi connectivity index (χ0v) is 9.10. The van der Waals surface area contributed by atoms with Gasteiger partial charge in [-0.25, -0.2) is 4.79 Å². The molecule has 0 fully saturated rings.